The molecule has 1 saturated heterocycles. The standard InChI is InChI=1S/C13H25NO/c1-12(2,3)6-7-13(15)8-9-14(10-13)11-4-5-11/h11,15H,4-10H2,1-3H3. The minimum Gasteiger partial charge on any atom is -0.389 e. The Morgan fingerprint density at radius 1 is 1.33 bits per heavy atom. The van der Waals surface area contributed by atoms with Crippen LogP contribution in [0, 0.1) is 5.41 Å². The van der Waals surface area contributed by atoms with Gasteiger partial charge in [0.1, 0.15) is 0 Å². The van der Waals surface area contributed by atoms with Gasteiger partial charge in [0, 0.05) is 19.1 Å². The van der Waals surface area contributed by atoms with Crippen molar-refractivity contribution in [2.45, 2.75) is 64.5 Å². The maximum atomic E-state index is 10.5. The first-order chi connectivity index (χ1) is 6.88. The third-order valence-corrected chi connectivity index (χ3v) is 3.77. The van der Waals surface area contributed by atoms with Gasteiger partial charge < -0.3 is 5.11 Å². The Labute approximate surface area is 93.7 Å². The third-order valence-electron chi connectivity index (χ3n) is 3.77. The molecule has 2 rings (SSSR count). The second-order valence-corrected chi connectivity index (χ2v) is 6.74. The van der Waals surface area contributed by atoms with Gasteiger partial charge in [0.05, 0.1) is 5.60 Å². The molecule has 0 radical (unpaired) electrons. The lowest BCUT2D eigenvalue weighted by molar-refractivity contribution is 0.0291. The number of hydrogen-bond donors (Lipinski definition) is 1. The number of aliphatic hydroxyl groups is 1. The van der Waals surface area contributed by atoms with Crippen molar-refractivity contribution in [3.05, 3.63) is 0 Å². The van der Waals surface area contributed by atoms with Gasteiger partial charge in [-0.05, 0) is 37.5 Å². The monoisotopic (exact) mass is 211 g/mol. The zero-order chi connectivity index (χ0) is 11.1. The molecular formula is C13H25NO. The highest BCUT2D eigenvalue weighted by Gasteiger charge is 2.41. The molecule has 0 aromatic heterocycles. The molecule has 1 N–H and O–H groups in total. The molecule has 1 unspecified atom stereocenters. The van der Waals surface area contributed by atoms with Crippen LogP contribution in [0.4, 0.5) is 0 Å². The van der Waals surface area contributed by atoms with Crippen LogP contribution in [0.25, 0.3) is 0 Å². The van der Waals surface area contributed by atoms with Gasteiger partial charge in [0.15, 0.2) is 0 Å². The SMILES string of the molecule is CC(C)(C)CCC1(O)CCN(C2CC2)C1. The minimum absolute atomic E-state index is 0.350. The fourth-order valence-corrected chi connectivity index (χ4v) is 2.45. The number of rotatable bonds is 3. The Morgan fingerprint density at radius 2 is 2.00 bits per heavy atom. The van der Waals surface area contributed by atoms with E-state index in [1.807, 2.05) is 0 Å². The molecule has 0 bridgehead atoms. The van der Waals surface area contributed by atoms with Crippen LogP contribution in [0.2, 0.25) is 0 Å². The highest BCUT2D eigenvalue weighted by atomic mass is 16.3. The number of β-amino-alcohol motifs (C(OH)–C–C–N with tert-alkyl or cyclic N) is 1. The molecule has 1 aliphatic heterocycles. The van der Waals surface area contributed by atoms with Gasteiger partial charge in [-0.15, -0.1) is 0 Å². The van der Waals surface area contributed by atoms with Crippen molar-refractivity contribution in [2.24, 2.45) is 5.41 Å². The van der Waals surface area contributed by atoms with Crippen LogP contribution in [0.5, 0.6) is 0 Å². The van der Waals surface area contributed by atoms with Crippen LogP contribution in [0.1, 0.15) is 52.9 Å². The zero-order valence-corrected chi connectivity index (χ0v) is 10.4. The topological polar surface area (TPSA) is 23.5 Å². The smallest absolute Gasteiger partial charge is 0.0786 e. The third kappa shape index (κ3) is 3.18. The predicted molar refractivity (Wildman–Crippen MR) is 62.9 cm³/mol. The molecule has 88 valence electrons. The second kappa shape index (κ2) is 3.74. The van der Waals surface area contributed by atoms with E-state index in [1.165, 1.54) is 12.8 Å². The van der Waals surface area contributed by atoms with Crippen LogP contribution in [-0.4, -0.2) is 34.7 Å². The zero-order valence-electron chi connectivity index (χ0n) is 10.4. The first-order valence-corrected chi connectivity index (χ1v) is 6.34. The van der Waals surface area contributed by atoms with E-state index in [0.29, 0.717) is 5.41 Å². The van der Waals surface area contributed by atoms with E-state index in [0.717, 1.165) is 38.4 Å². The molecule has 2 aliphatic rings. The van der Waals surface area contributed by atoms with Gasteiger partial charge in [-0.3, -0.25) is 4.90 Å². The van der Waals surface area contributed by atoms with E-state index in [-0.39, 0.29) is 5.60 Å². The molecule has 1 heterocycles. The number of likely N-dealkylation sites (tertiary alicyclic amines) is 1. The Balaban J connectivity index is 1.80. The van der Waals surface area contributed by atoms with Gasteiger partial charge in [-0.2, -0.15) is 0 Å². The van der Waals surface area contributed by atoms with E-state index in [4.69, 9.17) is 0 Å². The van der Waals surface area contributed by atoms with Crippen LogP contribution in [-0.2, 0) is 0 Å². The fraction of sp³-hybridized carbons (Fsp3) is 1.00. The summed E-state index contributed by atoms with van der Waals surface area (Å²) in [5.74, 6) is 0. The summed E-state index contributed by atoms with van der Waals surface area (Å²) in [5, 5.41) is 10.5. The van der Waals surface area contributed by atoms with E-state index in [2.05, 4.69) is 25.7 Å². The van der Waals surface area contributed by atoms with Crippen LogP contribution in [0.3, 0.4) is 0 Å². The Bertz CT molecular complexity index is 229. The largest absolute Gasteiger partial charge is 0.389 e. The van der Waals surface area contributed by atoms with Gasteiger partial charge in [0.2, 0.25) is 0 Å². The summed E-state index contributed by atoms with van der Waals surface area (Å²) in [6.45, 7) is 8.80. The van der Waals surface area contributed by atoms with E-state index < -0.39 is 0 Å². The number of hydrogen-bond acceptors (Lipinski definition) is 2. The van der Waals surface area contributed by atoms with E-state index >= 15 is 0 Å². The van der Waals surface area contributed by atoms with Crippen LogP contribution < -0.4 is 0 Å². The van der Waals surface area contributed by atoms with Gasteiger partial charge in [0.25, 0.3) is 0 Å². The summed E-state index contributed by atoms with van der Waals surface area (Å²) in [4.78, 5) is 2.49. The Hall–Kier alpha value is -0.0800. The molecule has 1 atom stereocenters. The summed E-state index contributed by atoms with van der Waals surface area (Å²) >= 11 is 0. The molecule has 1 saturated carbocycles. The average Bonchev–Trinajstić information content (AvgIpc) is 2.88. The minimum atomic E-state index is -0.379. The van der Waals surface area contributed by atoms with E-state index in [1.54, 1.807) is 0 Å². The van der Waals surface area contributed by atoms with E-state index in [9.17, 15) is 5.11 Å². The average molecular weight is 211 g/mol. The van der Waals surface area contributed by atoms with Crippen LogP contribution in [0.15, 0.2) is 0 Å². The maximum Gasteiger partial charge on any atom is 0.0786 e. The van der Waals surface area contributed by atoms with Gasteiger partial charge >= 0.3 is 0 Å². The van der Waals surface area contributed by atoms with Crippen molar-refractivity contribution in [3.8, 4) is 0 Å². The predicted octanol–water partition coefficient (Wildman–Crippen LogP) is 2.41. The van der Waals surface area contributed by atoms with Crippen LogP contribution >= 0.6 is 0 Å². The Morgan fingerprint density at radius 3 is 2.53 bits per heavy atom. The Kier molecular flexibility index (Phi) is 2.85. The quantitative estimate of drug-likeness (QED) is 0.775. The van der Waals surface area contributed by atoms with Crippen molar-refractivity contribution < 1.29 is 5.11 Å². The highest BCUT2D eigenvalue weighted by Crippen LogP contribution is 2.36. The summed E-state index contributed by atoms with van der Waals surface area (Å²) in [5.41, 5.74) is -0.0292. The van der Waals surface area contributed by atoms with Crippen molar-refractivity contribution >= 4 is 0 Å². The summed E-state index contributed by atoms with van der Waals surface area (Å²) < 4.78 is 0. The highest BCUT2D eigenvalue weighted by molar-refractivity contribution is 4.97. The molecule has 0 aromatic rings. The molecule has 0 aromatic carbocycles. The lowest BCUT2D eigenvalue weighted by Crippen LogP contribution is -2.35. The molecule has 2 fully saturated rings. The van der Waals surface area contributed by atoms with Crippen molar-refractivity contribution in [2.75, 3.05) is 13.1 Å². The van der Waals surface area contributed by atoms with Crippen molar-refractivity contribution in [3.63, 3.8) is 0 Å². The second-order valence-electron chi connectivity index (χ2n) is 6.74. The normalized spacial score (nSPS) is 33.6. The van der Waals surface area contributed by atoms with Gasteiger partial charge in [-0.1, -0.05) is 20.8 Å². The molecule has 1 aliphatic carbocycles. The van der Waals surface area contributed by atoms with Crippen molar-refractivity contribution in [1.82, 2.24) is 4.90 Å². The molecule has 2 heteroatoms. The molecule has 0 spiro atoms. The molecule has 15 heavy (non-hydrogen) atoms. The lowest BCUT2D eigenvalue weighted by atomic mass is 9.84. The maximum absolute atomic E-state index is 10.5. The molecule has 0 amide bonds. The van der Waals surface area contributed by atoms with Gasteiger partial charge in [-0.25, -0.2) is 0 Å². The first kappa shape index (κ1) is 11.4. The lowest BCUT2D eigenvalue weighted by Gasteiger charge is -2.27. The summed E-state index contributed by atoms with van der Waals surface area (Å²) in [7, 11) is 0. The molecule has 2 nitrogen and oxygen atoms in total. The fourth-order valence-electron chi connectivity index (χ4n) is 2.45. The number of nitrogens with zero attached hydrogens (tertiary/aromatic N) is 1. The molecular weight excluding hydrogens is 186 g/mol. The first-order valence-electron chi connectivity index (χ1n) is 6.34. The summed E-state index contributed by atoms with van der Waals surface area (Å²) in [6.07, 6.45) is 5.80. The van der Waals surface area contributed by atoms with Crippen molar-refractivity contribution in [1.29, 1.82) is 0 Å². The summed E-state index contributed by atoms with van der Waals surface area (Å²) in [6, 6.07) is 0.814.